The zero-order chi connectivity index (χ0) is 20.3. The number of benzene rings is 1. The van der Waals surface area contributed by atoms with Crippen molar-refractivity contribution < 1.29 is 9.26 Å². The first-order chi connectivity index (χ1) is 13.4. The summed E-state index contributed by atoms with van der Waals surface area (Å²) in [5.41, 5.74) is 2.43. The molecule has 0 amide bonds. The van der Waals surface area contributed by atoms with Gasteiger partial charge in [0.05, 0.1) is 22.7 Å². The Morgan fingerprint density at radius 2 is 2.11 bits per heavy atom. The number of hydrogen-bond acceptors (Lipinski definition) is 6. The molecular weight excluding hydrogens is 398 g/mol. The lowest BCUT2D eigenvalue weighted by molar-refractivity contribution is 0.0743. The van der Waals surface area contributed by atoms with E-state index < -0.39 is 0 Å². The second-order valence-corrected chi connectivity index (χ2v) is 8.26. The van der Waals surface area contributed by atoms with Gasteiger partial charge in [0.2, 0.25) is 0 Å². The monoisotopic (exact) mass is 421 g/mol. The average molecular weight is 422 g/mol. The van der Waals surface area contributed by atoms with Crippen LogP contribution in [0.25, 0.3) is 10.9 Å². The number of halogens is 1. The molecule has 28 heavy (non-hydrogen) atoms. The summed E-state index contributed by atoms with van der Waals surface area (Å²) in [6.45, 7) is 8.94. The van der Waals surface area contributed by atoms with Crippen LogP contribution in [-0.2, 0) is 17.0 Å². The van der Waals surface area contributed by atoms with Crippen molar-refractivity contribution in [1.82, 2.24) is 14.7 Å². The maximum atomic E-state index is 13.1. The van der Waals surface area contributed by atoms with Crippen molar-refractivity contribution in [1.29, 1.82) is 0 Å². The smallest absolute Gasteiger partial charge is 0.262 e. The average Bonchev–Trinajstić information content (AvgIpc) is 2.96. The minimum Gasteiger partial charge on any atom is -0.379 e. The SMILES string of the molecule is Cc1noc(C)c1CSc1nc2cc(Cl)ccc2c(=O)n1CCCOC(C)C. The molecule has 3 rings (SSSR count). The summed E-state index contributed by atoms with van der Waals surface area (Å²) in [6, 6.07) is 5.18. The molecule has 3 aromatic rings. The maximum absolute atomic E-state index is 13.1. The minimum atomic E-state index is -0.0625. The Morgan fingerprint density at radius 3 is 2.79 bits per heavy atom. The van der Waals surface area contributed by atoms with Crippen molar-refractivity contribution >= 4 is 34.3 Å². The molecule has 0 saturated carbocycles. The van der Waals surface area contributed by atoms with Crippen LogP contribution in [0.5, 0.6) is 0 Å². The fourth-order valence-electron chi connectivity index (χ4n) is 2.87. The topological polar surface area (TPSA) is 70.2 Å². The Morgan fingerprint density at radius 1 is 1.32 bits per heavy atom. The van der Waals surface area contributed by atoms with E-state index >= 15 is 0 Å². The van der Waals surface area contributed by atoms with Gasteiger partial charge in [-0.1, -0.05) is 28.5 Å². The van der Waals surface area contributed by atoms with E-state index in [-0.39, 0.29) is 11.7 Å². The Bertz CT molecular complexity index is 1010. The molecule has 8 heteroatoms. The van der Waals surface area contributed by atoms with Gasteiger partial charge in [0.15, 0.2) is 5.16 Å². The highest BCUT2D eigenvalue weighted by atomic mass is 35.5. The van der Waals surface area contributed by atoms with Gasteiger partial charge in [-0.2, -0.15) is 0 Å². The predicted octanol–water partition coefficient (Wildman–Crippen LogP) is 4.76. The molecule has 0 bridgehead atoms. The number of ether oxygens (including phenoxy) is 1. The lowest BCUT2D eigenvalue weighted by atomic mass is 10.2. The number of nitrogens with zero attached hydrogens (tertiary/aromatic N) is 3. The fourth-order valence-corrected chi connectivity index (χ4v) is 4.21. The Hall–Kier alpha value is -1.83. The number of aryl methyl sites for hydroxylation is 2. The molecule has 0 aliphatic rings. The molecule has 0 unspecified atom stereocenters. The van der Waals surface area contributed by atoms with E-state index in [1.165, 1.54) is 11.8 Å². The second kappa shape index (κ2) is 9.11. The minimum absolute atomic E-state index is 0.0625. The van der Waals surface area contributed by atoms with Gasteiger partial charge in [0.25, 0.3) is 5.56 Å². The van der Waals surface area contributed by atoms with Gasteiger partial charge < -0.3 is 9.26 Å². The largest absolute Gasteiger partial charge is 0.379 e. The molecule has 0 spiro atoms. The van der Waals surface area contributed by atoms with Crippen LogP contribution in [0.2, 0.25) is 5.02 Å². The van der Waals surface area contributed by atoms with Gasteiger partial charge in [0.1, 0.15) is 5.76 Å². The number of rotatable bonds is 8. The fraction of sp³-hybridized carbons (Fsp3) is 0.450. The first-order valence-corrected chi connectivity index (χ1v) is 10.6. The quantitative estimate of drug-likeness (QED) is 0.296. The Balaban J connectivity index is 1.92. The normalized spacial score (nSPS) is 11.6. The van der Waals surface area contributed by atoms with Gasteiger partial charge in [-0.25, -0.2) is 4.98 Å². The predicted molar refractivity (Wildman–Crippen MR) is 112 cm³/mol. The molecule has 0 fully saturated rings. The highest BCUT2D eigenvalue weighted by molar-refractivity contribution is 7.98. The standard InChI is InChI=1S/C20H24ClN3O3S/c1-12(2)26-9-5-8-24-19(25)16-7-6-15(21)10-18(16)22-20(24)28-11-17-13(3)23-27-14(17)4/h6-7,10,12H,5,8-9,11H2,1-4H3. The van der Waals surface area contributed by atoms with Gasteiger partial charge in [-0.3, -0.25) is 9.36 Å². The Kier molecular flexibility index (Phi) is 6.80. The lowest BCUT2D eigenvalue weighted by Gasteiger charge is -2.14. The van der Waals surface area contributed by atoms with Crippen molar-refractivity contribution in [2.24, 2.45) is 0 Å². The summed E-state index contributed by atoms with van der Waals surface area (Å²) < 4.78 is 12.6. The van der Waals surface area contributed by atoms with Crippen LogP contribution in [0, 0.1) is 13.8 Å². The van der Waals surface area contributed by atoms with Crippen LogP contribution < -0.4 is 5.56 Å². The third-order valence-corrected chi connectivity index (χ3v) is 5.62. The summed E-state index contributed by atoms with van der Waals surface area (Å²) in [6.07, 6.45) is 0.902. The van der Waals surface area contributed by atoms with E-state index in [1.807, 2.05) is 27.7 Å². The molecule has 2 aromatic heterocycles. The number of hydrogen-bond donors (Lipinski definition) is 0. The molecule has 6 nitrogen and oxygen atoms in total. The van der Waals surface area contributed by atoms with Crippen molar-refractivity contribution in [2.45, 2.75) is 57.7 Å². The number of thioether (sulfide) groups is 1. The maximum Gasteiger partial charge on any atom is 0.262 e. The van der Waals surface area contributed by atoms with Crippen LogP contribution in [0.4, 0.5) is 0 Å². The molecule has 0 atom stereocenters. The second-order valence-electron chi connectivity index (χ2n) is 6.88. The molecule has 150 valence electrons. The van der Waals surface area contributed by atoms with Crippen molar-refractivity contribution in [3.8, 4) is 0 Å². The number of fused-ring (bicyclic) bond motifs is 1. The van der Waals surface area contributed by atoms with Gasteiger partial charge >= 0.3 is 0 Å². The lowest BCUT2D eigenvalue weighted by Crippen LogP contribution is -2.24. The van der Waals surface area contributed by atoms with Crippen molar-refractivity contribution in [2.75, 3.05) is 6.61 Å². The van der Waals surface area contributed by atoms with Crippen LogP contribution in [0.3, 0.4) is 0 Å². The van der Waals surface area contributed by atoms with E-state index in [0.717, 1.165) is 23.4 Å². The van der Waals surface area contributed by atoms with Crippen LogP contribution >= 0.6 is 23.4 Å². The molecule has 0 radical (unpaired) electrons. The summed E-state index contributed by atoms with van der Waals surface area (Å²) >= 11 is 7.60. The van der Waals surface area contributed by atoms with Gasteiger partial charge in [-0.05, 0) is 52.3 Å². The molecule has 0 aliphatic carbocycles. The van der Waals surface area contributed by atoms with Gasteiger partial charge in [-0.15, -0.1) is 0 Å². The zero-order valence-corrected chi connectivity index (χ0v) is 18.1. The highest BCUT2D eigenvalue weighted by Gasteiger charge is 2.15. The molecule has 0 saturated heterocycles. The zero-order valence-electron chi connectivity index (χ0n) is 16.5. The van der Waals surface area contributed by atoms with E-state index in [1.54, 1.807) is 22.8 Å². The van der Waals surface area contributed by atoms with E-state index in [0.29, 0.717) is 40.0 Å². The summed E-state index contributed by atoms with van der Waals surface area (Å²) in [5.74, 6) is 1.41. The van der Waals surface area contributed by atoms with Crippen molar-refractivity contribution in [3.05, 3.63) is 50.6 Å². The molecule has 0 aliphatic heterocycles. The van der Waals surface area contributed by atoms with E-state index in [4.69, 9.17) is 25.8 Å². The molecular formula is C20H24ClN3O3S. The summed E-state index contributed by atoms with van der Waals surface area (Å²) in [7, 11) is 0. The Labute approximate surface area is 173 Å². The van der Waals surface area contributed by atoms with Crippen LogP contribution in [0.1, 0.15) is 37.3 Å². The third kappa shape index (κ3) is 4.77. The van der Waals surface area contributed by atoms with Gasteiger partial charge in [0, 0.05) is 29.5 Å². The van der Waals surface area contributed by atoms with Crippen molar-refractivity contribution in [3.63, 3.8) is 0 Å². The van der Waals surface area contributed by atoms with E-state index in [2.05, 4.69) is 5.16 Å². The van der Waals surface area contributed by atoms with Crippen LogP contribution in [0.15, 0.2) is 32.7 Å². The summed E-state index contributed by atoms with van der Waals surface area (Å²) in [4.78, 5) is 17.8. The summed E-state index contributed by atoms with van der Waals surface area (Å²) in [5, 5.41) is 5.78. The molecule has 1 aromatic carbocycles. The van der Waals surface area contributed by atoms with Crippen LogP contribution in [-0.4, -0.2) is 27.4 Å². The number of aromatic nitrogens is 3. The molecule has 0 N–H and O–H groups in total. The highest BCUT2D eigenvalue weighted by Crippen LogP contribution is 2.26. The first-order valence-electron chi connectivity index (χ1n) is 9.23. The molecule has 2 heterocycles. The van der Waals surface area contributed by atoms with E-state index in [9.17, 15) is 4.79 Å². The first kappa shape index (κ1) is 20.9. The third-order valence-electron chi connectivity index (χ3n) is 4.39.